The smallest absolute Gasteiger partial charge is 0.293 e. The molecule has 0 aromatic heterocycles. The van der Waals surface area contributed by atoms with Gasteiger partial charge in [0.25, 0.3) is 5.69 Å². The van der Waals surface area contributed by atoms with Crippen LogP contribution in [-0.4, -0.2) is 30.9 Å². The number of rotatable bonds is 7. The highest BCUT2D eigenvalue weighted by molar-refractivity contribution is 7.99. The predicted molar refractivity (Wildman–Crippen MR) is 80.3 cm³/mol. The maximum absolute atomic E-state index is 12.1. The molecular formula is C11H17N3O4S2. The summed E-state index contributed by atoms with van der Waals surface area (Å²) in [6, 6.07) is 3.18. The minimum absolute atomic E-state index is 0.0662. The van der Waals surface area contributed by atoms with E-state index in [1.165, 1.54) is 12.1 Å². The van der Waals surface area contributed by atoms with Gasteiger partial charge in [-0.1, -0.05) is 6.92 Å². The maximum Gasteiger partial charge on any atom is 0.293 e. The summed E-state index contributed by atoms with van der Waals surface area (Å²) in [5.41, 5.74) is 4.96. The molecule has 9 heteroatoms. The molecule has 7 nitrogen and oxygen atoms in total. The number of nitrogen functional groups attached to an aromatic ring is 1. The Kier molecular flexibility index (Phi) is 5.78. The van der Waals surface area contributed by atoms with Crippen LogP contribution in [0.5, 0.6) is 0 Å². The predicted octanol–water partition coefficient (Wildman–Crippen LogP) is 1.60. The number of sulfonamides is 1. The molecule has 0 saturated carbocycles. The lowest BCUT2D eigenvalue weighted by Crippen LogP contribution is -2.34. The van der Waals surface area contributed by atoms with Gasteiger partial charge in [0.15, 0.2) is 0 Å². The first kappa shape index (κ1) is 16.7. The van der Waals surface area contributed by atoms with Gasteiger partial charge < -0.3 is 5.73 Å². The van der Waals surface area contributed by atoms with E-state index in [0.717, 1.165) is 11.8 Å². The van der Waals surface area contributed by atoms with Crippen LogP contribution in [-0.2, 0) is 10.0 Å². The highest BCUT2D eigenvalue weighted by Crippen LogP contribution is 2.24. The Morgan fingerprint density at radius 3 is 2.70 bits per heavy atom. The first-order valence-electron chi connectivity index (χ1n) is 5.92. The van der Waals surface area contributed by atoms with Crippen molar-refractivity contribution in [3.8, 4) is 0 Å². The minimum atomic E-state index is -3.79. The van der Waals surface area contributed by atoms with E-state index in [4.69, 9.17) is 5.73 Å². The molecule has 0 heterocycles. The van der Waals surface area contributed by atoms with Crippen LogP contribution in [0, 0.1) is 10.1 Å². The Balaban J connectivity index is 2.98. The zero-order valence-corrected chi connectivity index (χ0v) is 12.8. The van der Waals surface area contributed by atoms with Gasteiger partial charge in [-0.05, 0) is 24.8 Å². The van der Waals surface area contributed by atoms with Crippen LogP contribution in [0.2, 0.25) is 0 Å². The fourth-order valence-corrected chi connectivity index (χ4v) is 3.55. The molecular weight excluding hydrogens is 302 g/mol. The summed E-state index contributed by atoms with van der Waals surface area (Å²) < 4.78 is 26.7. The van der Waals surface area contributed by atoms with Crippen molar-refractivity contribution in [3.63, 3.8) is 0 Å². The quantitative estimate of drug-likeness (QED) is 0.448. The molecule has 0 radical (unpaired) electrons. The summed E-state index contributed by atoms with van der Waals surface area (Å²) >= 11 is 1.61. The molecule has 1 rings (SSSR count). The van der Waals surface area contributed by atoms with Crippen molar-refractivity contribution in [2.45, 2.75) is 24.8 Å². The summed E-state index contributed by atoms with van der Waals surface area (Å²) in [5.74, 6) is 1.52. The Morgan fingerprint density at radius 1 is 1.50 bits per heavy atom. The molecule has 112 valence electrons. The second kappa shape index (κ2) is 6.91. The summed E-state index contributed by atoms with van der Waals surface area (Å²) in [4.78, 5) is 9.91. The van der Waals surface area contributed by atoms with Gasteiger partial charge in [0.2, 0.25) is 10.0 Å². The van der Waals surface area contributed by atoms with E-state index in [0.29, 0.717) is 5.75 Å². The van der Waals surface area contributed by atoms with Crippen molar-refractivity contribution < 1.29 is 13.3 Å². The highest BCUT2D eigenvalue weighted by Gasteiger charge is 2.21. The van der Waals surface area contributed by atoms with Gasteiger partial charge in [0.05, 0.1) is 9.82 Å². The highest BCUT2D eigenvalue weighted by atomic mass is 32.2. The minimum Gasteiger partial charge on any atom is -0.393 e. The fraction of sp³-hybridized carbons (Fsp3) is 0.455. The first-order valence-corrected chi connectivity index (χ1v) is 8.55. The maximum atomic E-state index is 12.1. The molecule has 0 bridgehead atoms. The molecule has 1 atom stereocenters. The lowest BCUT2D eigenvalue weighted by atomic mass is 10.3. The summed E-state index contributed by atoms with van der Waals surface area (Å²) in [6.07, 6.45) is 0. The SMILES string of the molecule is CCSCC(C)NS(=O)(=O)c1ccc(N)c([N+](=O)[O-])c1. The third kappa shape index (κ3) is 4.36. The number of hydrogen-bond donors (Lipinski definition) is 2. The van der Waals surface area contributed by atoms with Crippen molar-refractivity contribution in [2.75, 3.05) is 17.2 Å². The van der Waals surface area contributed by atoms with Crippen LogP contribution >= 0.6 is 11.8 Å². The fourth-order valence-electron chi connectivity index (χ4n) is 1.51. The molecule has 1 aromatic carbocycles. The monoisotopic (exact) mass is 319 g/mol. The van der Waals surface area contributed by atoms with E-state index < -0.39 is 20.6 Å². The Labute approximate surface area is 122 Å². The number of nitrogens with zero attached hydrogens (tertiary/aromatic N) is 1. The number of nitro benzene ring substituents is 1. The van der Waals surface area contributed by atoms with E-state index in [1.54, 1.807) is 18.7 Å². The Hall–Kier alpha value is -1.32. The number of anilines is 1. The topological polar surface area (TPSA) is 115 Å². The Bertz CT molecular complexity index is 589. The molecule has 0 spiro atoms. The zero-order chi connectivity index (χ0) is 15.3. The molecule has 0 aliphatic carbocycles. The van der Waals surface area contributed by atoms with E-state index in [-0.39, 0.29) is 16.6 Å². The number of nitrogens with two attached hydrogens (primary N) is 1. The van der Waals surface area contributed by atoms with Crippen LogP contribution in [0.15, 0.2) is 23.1 Å². The molecule has 1 aromatic rings. The number of hydrogen-bond acceptors (Lipinski definition) is 6. The third-order valence-corrected chi connectivity index (χ3v) is 5.17. The van der Waals surface area contributed by atoms with E-state index in [9.17, 15) is 18.5 Å². The van der Waals surface area contributed by atoms with Crippen molar-refractivity contribution in [1.82, 2.24) is 4.72 Å². The van der Waals surface area contributed by atoms with Gasteiger partial charge in [0, 0.05) is 17.9 Å². The number of nitrogens with one attached hydrogen (secondary N) is 1. The second-order valence-electron chi connectivity index (χ2n) is 4.16. The van der Waals surface area contributed by atoms with Gasteiger partial charge in [0.1, 0.15) is 5.69 Å². The molecule has 1 unspecified atom stereocenters. The van der Waals surface area contributed by atoms with E-state index in [2.05, 4.69) is 4.72 Å². The normalized spacial score (nSPS) is 13.1. The largest absolute Gasteiger partial charge is 0.393 e. The molecule has 0 aliphatic rings. The van der Waals surface area contributed by atoms with Crippen molar-refractivity contribution in [2.24, 2.45) is 0 Å². The van der Waals surface area contributed by atoms with Crippen LogP contribution < -0.4 is 10.5 Å². The molecule has 0 fully saturated rings. The van der Waals surface area contributed by atoms with Crippen molar-refractivity contribution >= 4 is 33.2 Å². The van der Waals surface area contributed by atoms with Crippen molar-refractivity contribution in [1.29, 1.82) is 0 Å². The van der Waals surface area contributed by atoms with Gasteiger partial charge in [-0.2, -0.15) is 11.8 Å². The summed E-state index contributed by atoms with van der Waals surface area (Å²) in [7, 11) is -3.79. The number of thioether (sulfide) groups is 1. The Morgan fingerprint density at radius 2 is 2.15 bits per heavy atom. The van der Waals surface area contributed by atoms with Crippen LogP contribution in [0.4, 0.5) is 11.4 Å². The average molecular weight is 319 g/mol. The van der Waals surface area contributed by atoms with Crippen LogP contribution in [0.25, 0.3) is 0 Å². The van der Waals surface area contributed by atoms with Gasteiger partial charge in [-0.15, -0.1) is 0 Å². The zero-order valence-electron chi connectivity index (χ0n) is 11.2. The van der Waals surface area contributed by atoms with Crippen LogP contribution in [0.3, 0.4) is 0 Å². The third-order valence-electron chi connectivity index (χ3n) is 2.44. The van der Waals surface area contributed by atoms with Gasteiger partial charge in [-0.25, -0.2) is 13.1 Å². The molecule has 20 heavy (non-hydrogen) atoms. The van der Waals surface area contributed by atoms with Gasteiger partial charge in [-0.3, -0.25) is 10.1 Å². The van der Waals surface area contributed by atoms with Gasteiger partial charge >= 0.3 is 0 Å². The molecule has 0 aliphatic heterocycles. The standard InChI is InChI=1S/C11H17N3O4S2/c1-3-19-7-8(2)13-20(17,18)9-4-5-10(12)11(6-9)14(15)16/h4-6,8,13H,3,7,12H2,1-2H3. The molecule has 3 N–H and O–H groups in total. The van der Waals surface area contributed by atoms with E-state index in [1.807, 2.05) is 6.92 Å². The average Bonchev–Trinajstić information content (AvgIpc) is 2.35. The van der Waals surface area contributed by atoms with Crippen LogP contribution in [0.1, 0.15) is 13.8 Å². The summed E-state index contributed by atoms with van der Waals surface area (Å²) in [5, 5.41) is 10.8. The second-order valence-corrected chi connectivity index (χ2v) is 7.19. The lowest BCUT2D eigenvalue weighted by Gasteiger charge is -2.13. The number of nitro groups is 1. The molecule has 0 saturated heterocycles. The summed E-state index contributed by atoms with van der Waals surface area (Å²) in [6.45, 7) is 3.72. The first-order chi connectivity index (χ1) is 9.27. The lowest BCUT2D eigenvalue weighted by molar-refractivity contribution is -0.384. The van der Waals surface area contributed by atoms with Crippen molar-refractivity contribution in [3.05, 3.63) is 28.3 Å². The number of benzene rings is 1. The molecule has 0 amide bonds. The van der Waals surface area contributed by atoms with E-state index >= 15 is 0 Å².